The number of aliphatic hydroxyl groups excluding tert-OH is 1. The number of hydrogen-bond acceptors (Lipinski definition) is 5. The van der Waals surface area contributed by atoms with Crippen molar-refractivity contribution in [2.45, 2.75) is 26.0 Å². The smallest absolute Gasteiger partial charge is 0.141 e. The minimum atomic E-state index is -0.159. The minimum absolute atomic E-state index is 0.159. The highest BCUT2D eigenvalue weighted by molar-refractivity contribution is 5.22. The fourth-order valence-corrected chi connectivity index (χ4v) is 2.04. The topological polar surface area (TPSA) is 75.3 Å². The van der Waals surface area contributed by atoms with Crippen LogP contribution in [0.4, 0.5) is 5.82 Å². The molecule has 0 amide bonds. The zero-order valence-corrected chi connectivity index (χ0v) is 9.50. The molecule has 2 rings (SSSR count). The average molecular weight is 222 g/mol. The molecule has 0 bridgehead atoms. The van der Waals surface area contributed by atoms with Crippen molar-refractivity contribution in [3.05, 3.63) is 18.1 Å². The van der Waals surface area contributed by atoms with Crippen molar-refractivity contribution in [3.63, 3.8) is 0 Å². The van der Waals surface area contributed by atoms with Crippen LogP contribution in [0.15, 0.2) is 12.4 Å². The summed E-state index contributed by atoms with van der Waals surface area (Å²) in [5.41, 5.74) is 6.41. The quantitative estimate of drug-likeness (QED) is 0.751. The number of likely N-dealkylation sites (tertiary alicyclic amines) is 1. The summed E-state index contributed by atoms with van der Waals surface area (Å²) < 4.78 is 0. The van der Waals surface area contributed by atoms with Crippen LogP contribution in [0.1, 0.15) is 19.0 Å². The van der Waals surface area contributed by atoms with Crippen LogP contribution in [-0.2, 0) is 6.54 Å². The summed E-state index contributed by atoms with van der Waals surface area (Å²) in [7, 11) is 0. The van der Waals surface area contributed by atoms with E-state index in [9.17, 15) is 5.11 Å². The third-order valence-corrected chi connectivity index (χ3v) is 3.06. The summed E-state index contributed by atoms with van der Waals surface area (Å²) in [6.45, 7) is 4.68. The fraction of sp³-hybridized carbons (Fsp3) is 0.636. The van der Waals surface area contributed by atoms with Crippen molar-refractivity contribution in [2.24, 2.45) is 5.92 Å². The molecule has 1 aliphatic heterocycles. The maximum Gasteiger partial charge on any atom is 0.141 e. The van der Waals surface area contributed by atoms with Gasteiger partial charge in [-0.25, -0.2) is 4.98 Å². The van der Waals surface area contributed by atoms with Crippen molar-refractivity contribution in [1.29, 1.82) is 0 Å². The second-order valence-electron chi connectivity index (χ2n) is 4.50. The van der Waals surface area contributed by atoms with E-state index < -0.39 is 0 Å². The highest BCUT2D eigenvalue weighted by Crippen LogP contribution is 2.17. The van der Waals surface area contributed by atoms with Gasteiger partial charge in [-0.2, -0.15) is 0 Å². The molecule has 0 aromatic carbocycles. The second-order valence-corrected chi connectivity index (χ2v) is 4.50. The minimum Gasteiger partial charge on any atom is -0.393 e. The third kappa shape index (κ3) is 2.68. The van der Waals surface area contributed by atoms with Gasteiger partial charge in [-0.15, -0.1) is 0 Å². The third-order valence-electron chi connectivity index (χ3n) is 3.06. The predicted molar refractivity (Wildman–Crippen MR) is 61.5 cm³/mol. The van der Waals surface area contributed by atoms with Gasteiger partial charge < -0.3 is 10.8 Å². The summed E-state index contributed by atoms with van der Waals surface area (Å²) in [4.78, 5) is 10.5. The van der Waals surface area contributed by atoms with Gasteiger partial charge >= 0.3 is 0 Å². The van der Waals surface area contributed by atoms with Crippen molar-refractivity contribution in [1.82, 2.24) is 14.9 Å². The Morgan fingerprint density at radius 3 is 2.94 bits per heavy atom. The largest absolute Gasteiger partial charge is 0.393 e. The number of nitrogens with zero attached hydrogens (tertiary/aromatic N) is 3. The molecule has 1 aromatic heterocycles. The van der Waals surface area contributed by atoms with E-state index in [0.717, 1.165) is 31.7 Å². The molecule has 1 aromatic rings. The molecule has 1 aliphatic rings. The maximum atomic E-state index is 9.63. The normalized spacial score (nSPS) is 26.9. The number of piperidine rings is 1. The Kier molecular flexibility index (Phi) is 3.36. The van der Waals surface area contributed by atoms with Gasteiger partial charge in [0.15, 0.2) is 0 Å². The SMILES string of the molecule is CC1CN(Cc2cnc(N)cn2)CCC1O. The number of rotatable bonds is 2. The lowest BCUT2D eigenvalue weighted by Crippen LogP contribution is -2.41. The standard InChI is InChI=1S/C11H18N4O/c1-8-6-15(3-2-10(8)16)7-9-4-14-11(12)5-13-9/h4-5,8,10,16H,2-3,6-7H2,1H3,(H2,12,14). The summed E-state index contributed by atoms with van der Waals surface area (Å²) in [6, 6.07) is 0. The first-order valence-corrected chi connectivity index (χ1v) is 5.62. The van der Waals surface area contributed by atoms with E-state index in [-0.39, 0.29) is 6.10 Å². The Labute approximate surface area is 95.3 Å². The predicted octanol–water partition coefficient (Wildman–Crippen LogP) is 0.261. The Morgan fingerprint density at radius 2 is 2.31 bits per heavy atom. The van der Waals surface area contributed by atoms with E-state index in [1.165, 1.54) is 0 Å². The van der Waals surface area contributed by atoms with Crippen molar-refractivity contribution < 1.29 is 5.11 Å². The molecule has 0 saturated carbocycles. The van der Waals surface area contributed by atoms with E-state index in [1.807, 2.05) is 0 Å². The highest BCUT2D eigenvalue weighted by atomic mass is 16.3. The molecule has 5 nitrogen and oxygen atoms in total. The number of anilines is 1. The number of aliphatic hydroxyl groups is 1. The van der Waals surface area contributed by atoms with Gasteiger partial charge in [-0.1, -0.05) is 6.92 Å². The Bertz CT molecular complexity index is 340. The lowest BCUT2D eigenvalue weighted by atomic mass is 9.97. The Balaban J connectivity index is 1.93. The van der Waals surface area contributed by atoms with Gasteiger partial charge in [0.05, 0.1) is 24.2 Å². The van der Waals surface area contributed by atoms with Crippen LogP contribution < -0.4 is 5.73 Å². The number of nitrogens with two attached hydrogens (primary N) is 1. The van der Waals surface area contributed by atoms with Crippen LogP contribution in [-0.4, -0.2) is 39.2 Å². The zero-order valence-electron chi connectivity index (χ0n) is 9.50. The van der Waals surface area contributed by atoms with Gasteiger partial charge in [0, 0.05) is 19.6 Å². The van der Waals surface area contributed by atoms with Crippen molar-refractivity contribution >= 4 is 5.82 Å². The molecule has 1 saturated heterocycles. The molecule has 0 aliphatic carbocycles. The molecular formula is C11H18N4O. The molecule has 1 fully saturated rings. The van der Waals surface area contributed by atoms with Crippen LogP contribution in [0, 0.1) is 5.92 Å². The van der Waals surface area contributed by atoms with Crippen molar-refractivity contribution in [2.75, 3.05) is 18.8 Å². The summed E-state index contributed by atoms with van der Waals surface area (Å²) >= 11 is 0. The molecular weight excluding hydrogens is 204 g/mol. The summed E-state index contributed by atoms with van der Waals surface area (Å²) in [5, 5.41) is 9.63. The zero-order chi connectivity index (χ0) is 11.5. The van der Waals surface area contributed by atoms with E-state index in [2.05, 4.69) is 21.8 Å². The first-order valence-electron chi connectivity index (χ1n) is 5.62. The number of hydrogen-bond donors (Lipinski definition) is 2. The van der Waals surface area contributed by atoms with E-state index in [4.69, 9.17) is 5.73 Å². The van der Waals surface area contributed by atoms with Gasteiger partial charge in [0.1, 0.15) is 5.82 Å². The van der Waals surface area contributed by atoms with Crippen LogP contribution >= 0.6 is 0 Å². The van der Waals surface area contributed by atoms with Gasteiger partial charge in [-0.05, 0) is 12.3 Å². The van der Waals surface area contributed by atoms with Crippen LogP contribution in [0.5, 0.6) is 0 Å². The lowest BCUT2D eigenvalue weighted by Gasteiger charge is -2.33. The molecule has 2 heterocycles. The van der Waals surface area contributed by atoms with E-state index in [1.54, 1.807) is 12.4 Å². The maximum absolute atomic E-state index is 9.63. The molecule has 0 radical (unpaired) electrons. The second kappa shape index (κ2) is 4.76. The number of nitrogen functional groups attached to an aromatic ring is 1. The first-order chi connectivity index (χ1) is 7.65. The van der Waals surface area contributed by atoms with Gasteiger partial charge in [0.2, 0.25) is 0 Å². The molecule has 88 valence electrons. The lowest BCUT2D eigenvalue weighted by molar-refractivity contribution is 0.0315. The van der Waals surface area contributed by atoms with Crippen LogP contribution in [0.3, 0.4) is 0 Å². The van der Waals surface area contributed by atoms with E-state index >= 15 is 0 Å². The first kappa shape index (κ1) is 11.3. The van der Waals surface area contributed by atoms with Gasteiger partial charge in [0.25, 0.3) is 0 Å². The average Bonchev–Trinajstić information content (AvgIpc) is 2.27. The monoisotopic (exact) mass is 222 g/mol. The highest BCUT2D eigenvalue weighted by Gasteiger charge is 2.24. The fourth-order valence-electron chi connectivity index (χ4n) is 2.04. The Morgan fingerprint density at radius 1 is 1.50 bits per heavy atom. The van der Waals surface area contributed by atoms with Gasteiger partial charge in [-0.3, -0.25) is 9.88 Å². The van der Waals surface area contributed by atoms with Crippen LogP contribution in [0.25, 0.3) is 0 Å². The van der Waals surface area contributed by atoms with Crippen LogP contribution in [0.2, 0.25) is 0 Å². The molecule has 2 unspecified atom stereocenters. The summed E-state index contributed by atoms with van der Waals surface area (Å²) in [6.07, 6.45) is 3.97. The molecule has 16 heavy (non-hydrogen) atoms. The molecule has 2 atom stereocenters. The molecule has 5 heteroatoms. The van der Waals surface area contributed by atoms with Crippen molar-refractivity contribution in [3.8, 4) is 0 Å². The molecule has 3 N–H and O–H groups in total. The summed E-state index contributed by atoms with van der Waals surface area (Å²) in [5.74, 6) is 0.779. The van der Waals surface area contributed by atoms with E-state index in [0.29, 0.717) is 11.7 Å². The molecule has 0 spiro atoms. The Hall–Kier alpha value is -1.20. The number of aromatic nitrogens is 2.